The number of nitrogens with zero attached hydrogens (tertiary/aromatic N) is 1. The normalized spacial score (nSPS) is 16.6. The molecule has 0 bridgehead atoms. The number of hydrogen-bond donors (Lipinski definition) is 1. The average Bonchev–Trinajstić information content (AvgIpc) is 2.47. The maximum Gasteiger partial charge on any atom is 0.125 e. The lowest BCUT2D eigenvalue weighted by Gasteiger charge is -2.33. The first-order chi connectivity index (χ1) is 9.72. The molecule has 20 heavy (non-hydrogen) atoms. The molecule has 112 valence electrons. The van der Waals surface area contributed by atoms with Crippen LogP contribution in [0.1, 0.15) is 31.7 Å². The van der Waals surface area contributed by atoms with E-state index in [-0.39, 0.29) is 5.82 Å². The molecule has 0 radical (unpaired) electrons. The third-order valence-electron chi connectivity index (χ3n) is 3.84. The van der Waals surface area contributed by atoms with E-state index in [1.807, 2.05) is 0 Å². The summed E-state index contributed by atoms with van der Waals surface area (Å²) in [6, 6.07) is 5.35. The van der Waals surface area contributed by atoms with Gasteiger partial charge in [-0.3, -0.25) is 0 Å². The molecule has 1 N–H and O–H groups in total. The molecule has 1 aliphatic heterocycles. The van der Waals surface area contributed by atoms with E-state index in [1.54, 1.807) is 19.2 Å². The van der Waals surface area contributed by atoms with Crippen molar-refractivity contribution in [3.8, 4) is 0 Å². The predicted octanol–water partition coefficient (Wildman–Crippen LogP) is 2.94. The second kappa shape index (κ2) is 7.60. The molecule has 0 spiro atoms. The van der Waals surface area contributed by atoms with Gasteiger partial charge in [0.05, 0.1) is 6.10 Å². The van der Waals surface area contributed by atoms with Gasteiger partial charge in [0.15, 0.2) is 0 Å². The van der Waals surface area contributed by atoms with Gasteiger partial charge in [-0.15, -0.1) is 0 Å². The van der Waals surface area contributed by atoms with Gasteiger partial charge in [0.2, 0.25) is 0 Å². The molecular weight excluding hydrogens is 255 g/mol. The van der Waals surface area contributed by atoms with Crippen molar-refractivity contribution in [2.24, 2.45) is 0 Å². The second-order valence-electron chi connectivity index (χ2n) is 5.42. The Balaban J connectivity index is 2.00. The summed E-state index contributed by atoms with van der Waals surface area (Å²) in [6.07, 6.45) is 3.46. The van der Waals surface area contributed by atoms with E-state index in [4.69, 9.17) is 4.74 Å². The lowest BCUT2D eigenvalue weighted by atomic mass is 10.1. The smallest absolute Gasteiger partial charge is 0.125 e. The fraction of sp³-hybridized carbons (Fsp3) is 0.625. The van der Waals surface area contributed by atoms with Gasteiger partial charge in [0.25, 0.3) is 0 Å². The molecule has 1 heterocycles. The molecule has 1 aromatic carbocycles. The minimum absolute atomic E-state index is 0.148. The summed E-state index contributed by atoms with van der Waals surface area (Å²) in [5.41, 5.74) is 2.01. The summed E-state index contributed by atoms with van der Waals surface area (Å²) in [5.74, 6) is -0.148. The van der Waals surface area contributed by atoms with E-state index in [0.29, 0.717) is 6.10 Å². The summed E-state index contributed by atoms with van der Waals surface area (Å²) >= 11 is 0. The van der Waals surface area contributed by atoms with Crippen molar-refractivity contribution in [1.29, 1.82) is 0 Å². The number of rotatable bonds is 6. The quantitative estimate of drug-likeness (QED) is 0.811. The van der Waals surface area contributed by atoms with Gasteiger partial charge in [-0.2, -0.15) is 0 Å². The molecule has 0 atom stereocenters. The van der Waals surface area contributed by atoms with Gasteiger partial charge >= 0.3 is 0 Å². The molecule has 3 nitrogen and oxygen atoms in total. The van der Waals surface area contributed by atoms with Crippen LogP contribution in [0.15, 0.2) is 18.2 Å². The molecule has 4 heteroatoms. The van der Waals surface area contributed by atoms with Crippen LogP contribution in [0.3, 0.4) is 0 Å². The zero-order valence-corrected chi connectivity index (χ0v) is 12.5. The Hall–Kier alpha value is -1.13. The van der Waals surface area contributed by atoms with Gasteiger partial charge in [-0.1, -0.05) is 6.92 Å². The number of anilines is 1. The number of nitrogens with one attached hydrogen (secondary N) is 1. The number of halogens is 1. The van der Waals surface area contributed by atoms with Crippen molar-refractivity contribution in [3.05, 3.63) is 29.6 Å². The molecule has 1 saturated heterocycles. The maximum absolute atomic E-state index is 13.8. The number of ether oxygens (including phenoxy) is 1. The highest BCUT2D eigenvalue weighted by molar-refractivity contribution is 5.49. The second-order valence-corrected chi connectivity index (χ2v) is 5.42. The zero-order chi connectivity index (χ0) is 14.4. The van der Waals surface area contributed by atoms with Gasteiger partial charge in [0, 0.05) is 32.4 Å². The van der Waals surface area contributed by atoms with Crippen molar-refractivity contribution >= 4 is 5.69 Å². The van der Waals surface area contributed by atoms with E-state index < -0.39 is 0 Å². The molecule has 2 rings (SSSR count). The monoisotopic (exact) mass is 280 g/mol. The van der Waals surface area contributed by atoms with E-state index in [0.717, 1.165) is 56.7 Å². The fourth-order valence-electron chi connectivity index (χ4n) is 2.68. The Morgan fingerprint density at radius 2 is 2.05 bits per heavy atom. The first kappa shape index (κ1) is 15.3. The average molecular weight is 280 g/mol. The summed E-state index contributed by atoms with van der Waals surface area (Å²) in [6.45, 7) is 5.69. The Labute approximate surface area is 121 Å². The summed E-state index contributed by atoms with van der Waals surface area (Å²) < 4.78 is 19.1. The zero-order valence-electron chi connectivity index (χ0n) is 12.5. The van der Waals surface area contributed by atoms with Crippen LogP contribution in [-0.2, 0) is 11.3 Å². The summed E-state index contributed by atoms with van der Waals surface area (Å²) in [5, 5.41) is 3.32. The Bertz CT molecular complexity index is 417. The molecule has 0 amide bonds. The van der Waals surface area contributed by atoms with Crippen molar-refractivity contribution in [2.45, 2.75) is 38.8 Å². The fourth-order valence-corrected chi connectivity index (χ4v) is 2.68. The minimum atomic E-state index is -0.148. The topological polar surface area (TPSA) is 24.5 Å². The van der Waals surface area contributed by atoms with Crippen molar-refractivity contribution < 1.29 is 9.13 Å². The molecule has 1 aromatic rings. The highest BCUT2D eigenvalue weighted by atomic mass is 19.1. The van der Waals surface area contributed by atoms with Gasteiger partial charge in [0.1, 0.15) is 5.82 Å². The SMILES string of the molecule is CCCNCc1cc(F)cc(N2CCC(OC)CC2)c1. The van der Waals surface area contributed by atoms with Crippen LogP contribution in [0, 0.1) is 5.82 Å². The van der Waals surface area contributed by atoms with Crippen LogP contribution in [0.25, 0.3) is 0 Å². The first-order valence-corrected chi connectivity index (χ1v) is 7.51. The van der Waals surface area contributed by atoms with E-state index in [9.17, 15) is 4.39 Å². The molecule has 1 fully saturated rings. The third kappa shape index (κ3) is 4.18. The molecule has 0 saturated carbocycles. The lowest BCUT2D eigenvalue weighted by Crippen LogP contribution is -2.36. The van der Waals surface area contributed by atoms with Gasteiger partial charge in [-0.25, -0.2) is 4.39 Å². The van der Waals surface area contributed by atoms with E-state index in [1.165, 1.54) is 0 Å². The number of piperidine rings is 1. The molecule has 0 aromatic heterocycles. The molecule has 1 aliphatic rings. The van der Waals surface area contributed by atoms with Crippen LogP contribution < -0.4 is 10.2 Å². The van der Waals surface area contributed by atoms with Crippen molar-refractivity contribution in [3.63, 3.8) is 0 Å². The van der Waals surface area contributed by atoms with E-state index >= 15 is 0 Å². The lowest BCUT2D eigenvalue weighted by molar-refractivity contribution is 0.0819. The number of methoxy groups -OCH3 is 1. The standard InChI is InChI=1S/C16H25FN2O/c1-3-6-18-12-13-9-14(17)11-15(10-13)19-7-4-16(20-2)5-8-19/h9-11,16,18H,3-8,12H2,1-2H3. The van der Waals surface area contributed by atoms with Crippen LogP contribution in [0.5, 0.6) is 0 Å². The van der Waals surface area contributed by atoms with Crippen LogP contribution in [-0.4, -0.2) is 32.8 Å². The van der Waals surface area contributed by atoms with E-state index in [2.05, 4.69) is 23.2 Å². The van der Waals surface area contributed by atoms with Gasteiger partial charge < -0.3 is 15.0 Å². The Kier molecular flexibility index (Phi) is 5.80. The van der Waals surface area contributed by atoms with Gasteiger partial charge in [-0.05, 0) is 49.6 Å². The molecular formula is C16H25FN2O. The predicted molar refractivity (Wildman–Crippen MR) is 80.6 cm³/mol. The van der Waals surface area contributed by atoms with Crippen molar-refractivity contribution in [1.82, 2.24) is 5.32 Å². The summed E-state index contributed by atoms with van der Waals surface area (Å²) in [7, 11) is 1.76. The maximum atomic E-state index is 13.8. The van der Waals surface area contributed by atoms with Crippen LogP contribution in [0.4, 0.5) is 10.1 Å². The van der Waals surface area contributed by atoms with Crippen LogP contribution in [0.2, 0.25) is 0 Å². The number of benzene rings is 1. The molecule has 0 unspecified atom stereocenters. The third-order valence-corrected chi connectivity index (χ3v) is 3.84. The Morgan fingerprint density at radius 3 is 2.70 bits per heavy atom. The first-order valence-electron chi connectivity index (χ1n) is 7.51. The highest BCUT2D eigenvalue weighted by Crippen LogP contribution is 2.23. The minimum Gasteiger partial charge on any atom is -0.381 e. The number of hydrogen-bond acceptors (Lipinski definition) is 3. The highest BCUT2D eigenvalue weighted by Gasteiger charge is 2.19. The van der Waals surface area contributed by atoms with Crippen LogP contribution >= 0.6 is 0 Å². The molecule has 0 aliphatic carbocycles. The van der Waals surface area contributed by atoms with Crippen molar-refractivity contribution in [2.75, 3.05) is 31.6 Å². The summed E-state index contributed by atoms with van der Waals surface area (Å²) in [4.78, 5) is 2.25. The Morgan fingerprint density at radius 1 is 1.30 bits per heavy atom. The largest absolute Gasteiger partial charge is 0.381 e.